The maximum atomic E-state index is 14.4. The van der Waals surface area contributed by atoms with Crippen molar-refractivity contribution < 1.29 is 13.5 Å². The summed E-state index contributed by atoms with van der Waals surface area (Å²) in [5, 5.41) is 0. The van der Waals surface area contributed by atoms with E-state index >= 15 is 0 Å². The molecule has 0 aliphatic carbocycles. The van der Waals surface area contributed by atoms with Gasteiger partial charge in [-0.1, -0.05) is 19.8 Å². The minimum Gasteiger partial charge on any atom is -0.381 e. The summed E-state index contributed by atoms with van der Waals surface area (Å²) in [6.45, 7) is 3.36. The molecule has 5 nitrogen and oxygen atoms in total. The number of nitrogen functional groups attached to an aromatic ring is 1. The van der Waals surface area contributed by atoms with Crippen molar-refractivity contribution in [3.63, 3.8) is 0 Å². The molecular weight excluding hydrogens is 268 g/mol. The first-order valence-electron chi connectivity index (χ1n) is 6.20. The molecule has 7 heteroatoms. The summed E-state index contributed by atoms with van der Waals surface area (Å²) < 4.78 is 34.1. The molecule has 0 aromatic carbocycles. The summed E-state index contributed by atoms with van der Waals surface area (Å²) >= 11 is 0. The molecule has 2 heterocycles. The molecular formula is C13H15F2N3O2. The van der Waals surface area contributed by atoms with E-state index in [0.717, 1.165) is 10.8 Å². The quantitative estimate of drug-likeness (QED) is 0.829. The van der Waals surface area contributed by atoms with Gasteiger partial charge in [-0.2, -0.15) is 4.98 Å². The Bertz CT molecular complexity index is 625. The summed E-state index contributed by atoms with van der Waals surface area (Å²) in [4.78, 5) is 15.0. The van der Waals surface area contributed by atoms with Crippen molar-refractivity contribution in [1.29, 1.82) is 0 Å². The molecule has 1 aliphatic heterocycles. The Kier molecular flexibility index (Phi) is 3.52. The van der Waals surface area contributed by atoms with Gasteiger partial charge in [0, 0.05) is 5.92 Å². The van der Waals surface area contributed by atoms with Gasteiger partial charge in [-0.05, 0) is 6.42 Å². The molecule has 2 rings (SSSR count). The zero-order valence-corrected chi connectivity index (χ0v) is 11.1. The monoisotopic (exact) mass is 283 g/mol. The summed E-state index contributed by atoms with van der Waals surface area (Å²) in [6, 6.07) is 0. The van der Waals surface area contributed by atoms with Crippen LogP contribution in [0.3, 0.4) is 0 Å². The Morgan fingerprint density at radius 3 is 2.85 bits per heavy atom. The minimum atomic E-state index is -1.55. The highest BCUT2D eigenvalue weighted by Gasteiger charge is 2.52. The topological polar surface area (TPSA) is 70.1 Å². The zero-order valence-electron chi connectivity index (χ0n) is 11.1. The standard InChI is InChI=1S/C13H15F2N3O2/c1-4-13(5-2)7(3)9(15)11(20-13)18-6-8(14)10(16)17-12(18)19/h1,6-7,9,11H,5H2,2-3H3,(H2,16,17,19)/t7-,9-,11+,13+/m0/s1. The number of terminal acetylenes is 1. The Hall–Kier alpha value is -1.94. The number of anilines is 1. The molecule has 0 saturated carbocycles. The molecule has 2 N–H and O–H groups in total. The van der Waals surface area contributed by atoms with Crippen LogP contribution in [0.2, 0.25) is 0 Å². The first kappa shape index (κ1) is 14.5. The molecule has 1 fully saturated rings. The van der Waals surface area contributed by atoms with Gasteiger partial charge in [0.25, 0.3) is 0 Å². The van der Waals surface area contributed by atoms with E-state index in [2.05, 4.69) is 10.9 Å². The fourth-order valence-corrected chi connectivity index (χ4v) is 2.41. The second kappa shape index (κ2) is 4.87. The number of hydrogen-bond acceptors (Lipinski definition) is 4. The average molecular weight is 283 g/mol. The van der Waals surface area contributed by atoms with Crippen LogP contribution in [0.15, 0.2) is 11.0 Å². The van der Waals surface area contributed by atoms with E-state index in [4.69, 9.17) is 16.9 Å². The van der Waals surface area contributed by atoms with Crippen molar-refractivity contribution in [2.24, 2.45) is 5.92 Å². The molecule has 0 radical (unpaired) electrons. The summed E-state index contributed by atoms with van der Waals surface area (Å²) in [6.07, 6.45) is 3.73. The van der Waals surface area contributed by atoms with E-state index in [1.54, 1.807) is 13.8 Å². The lowest BCUT2D eigenvalue weighted by atomic mass is 9.86. The van der Waals surface area contributed by atoms with Crippen LogP contribution in [0, 0.1) is 24.1 Å². The van der Waals surface area contributed by atoms with Gasteiger partial charge >= 0.3 is 5.69 Å². The summed E-state index contributed by atoms with van der Waals surface area (Å²) in [5.41, 5.74) is 3.18. The molecule has 4 atom stereocenters. The fraction of sp³-hybridized carbons (Fsp3) is 0.538. The highest BCUT2D eigenvalue weighted by atomic mass is 19.1. The SMILES string of the molecule is C#C[C@]1(CC)O[C@@H](n2cc(F)c(N)nc2=O)[C@@H](F)[C@@H]1C. The van der Waals surface area contributed by atoms with Crippen molar-refractivity contribution in [1.82, 2.24) is 9.55 Å². The average Bonchev–Trinajstić information content (AvgIpc) is 2.68. The Morgan fingerprint density at radius 1 is 1.70 bits per heavy atom. The fourth-order valence-electron chi connectivity index (χ4n) is 2.41. The number of alkyl halides is 1. The van der Waals surface area contributed by atoms with Crippen molar-refractivity contribution in [2.45, 2.75) is 38.3 Å². The predicted molar refractivity (Wildman–Crippen MR) is 68.9 cm³/mol. The molecule has 1 aromatic rings. The maximum absolute atomic E-state index is 14.4. The normalized spacial score (nSPS) is 33.0. The molecule has 0 bridgehead atoms. The second-order valence-corrected chi connectivity index (χ2v) is 4.79. The lowest BCUT2D eigenvalue weighted by Gasteiger charge is -2.25. The molecule has 1 saturated heterocycles. The van der Waals surface area contributed by atoms with Gasteiger partial charge in [0.05, 0.1) is 6.20 Å². The van der Waals surface area contributed by atoms with Crippen LogP contribution in [-0.4, -0.2) is 21.3 Å². The molecule has 0 amide bonds. The van der Waals surface area contributed by atoms with Gasteiger partial charge in [-0.25, -0.2) is 13.6 Å². The van der Waals surface area contributed by atoms with Gasteiger partial charge < -0.3 is 10.5 Å². The summed E-state index contributed by atoms with van der Waals surface area (Å²) in [7, 11) is 0. The van der Waals surface area contributed by atoms with Gasteiger partial charge in [0.2, 0.25) is 0 Å². The first-order valence-corrected chi connectivity index (χ1v) is 6.20. The predicted octanol–water partition coefficient (Wildman–Crippen LogP) is 1.25. The number of ether oxygens (including phenoxy) is 1. The number of nitrogens with zero attached hydrogens (tertiary/aromatic N) is 2. The largest absolute Gasteiger partial charge is 0.381 e. The summed E-state index contributed by atoms with van der Waals surface area (Å²) in [5.74, 6) is 0.357. The smallest absolute Gasteiger partial charge is 0.351 e. The minimum absolute atomic E-state index is 0.376. The van der Waals surface area contributed by atoms with Gasteiger partial charge in [-0.15, -0.1) is 6.42 Å². The van der Waals surface area contributed by atoms with E-state index in [9.17, 15) is 13.6 Å². The van der Waals surface area contributed by atoms with E-state index in [1.165, 1.54) is 0 Å². The van der Waals surface area contributed by atoms with Crippen LogP contribution in [0.1, 0.15) is 26.5 Å². The molecule has 0 spiro atoms. The number of halogens is 2. The maximum Gasteiger partial charge on any atom is 0.351 e. The van der Waals surface area contributed by atoms with Gasteiger partial charge in [0.15, 0.2) is 24.0 Å². The van der Waals surface area contributed by atoms with Crippen LogP contribution in [0.4, 0.5) is 14.6 Å². The van der Waals surface area contributed by atoms with Gasteiger partial charge in [0.1, 0.15) is 5.60 Å². The lowest BCUT2D eigenvalue weighted by Crippen LogP contribution is -2.33. The van der Waals surface area contributed by atoms with Crippen molar-refractivity contribution in [3.8, 4) is 12.3 Å². The third-order valence-electron chi connectivity index (χ3n) is 3.79. The second-order valence-electron chi connectivity index (χ2n) is 4.79. The Morgan fingerprint density at radius 2 is 2.35 bits per heavy atom. The van der Waals surface area contributed by atoms with Gasteiger partial charge in [-0.3, -0.25) is 4.57 Å². The third kappa shape index (κ3) is 1.96. The van der Waals surface area contributed by atoms with E-state index < -0.39 is 41.2 Å². The number of aromatic nitrogens is 2. The first-order chi connectivity index (χ1) is 9.36. The van der Waals surface area contributed by atoms with Crippen LogP contribution < -0.4 is 11.4 Å². The number of hydrogen-bond donors (Lipinski definition) is 1. The van der Waals surface area contributed by atoms with Crippen LogP contribution in [-0.2, 0) is 4.74 Å². The van der Waals surface area contributed by atoms with E-state index in [-0.39, 0.29) is 0 Å². The van der Waals surface area contributed by atoms with Crippen molar-refractivity contribution in [3.05, 3.63) is 22.5 Å². The molecule has 1 aliphatic rings. The van der Waals surface area contributed by atoms with Crippen molar-refractivity contribution in [2.75, 3.05) is 5.73 Å². The number of nitrogens with two attached hydrogens (primary N) is 1. The highest BCUT2D eigenvalue weighted by Crippen LogP contribution is 2.44. The highest BCUT2D eigenvalue weighted by molar-refractivity contribution is 5.26. The lowest BCUT2D eigenvalue weighted by molar-refractivity contribution is -0.0590. The van der Waals surface area contributed by atoms with Crippen LogP contribution in [0.5, 0.6) is 0 Å². The van der Waals surface area contributed by atoms with Crippen LogP contribution >= 0.6 is 0 Å². The molecule has 108 valence electrons. The zero-order chi connectivity index (χ0) is 15.1. The Balaban J connectivity index is 2.48. The third-order valence-corrected chi connectivity index (χ3v) is 3.79. The van der Waals surface area contributed by atoms with E-state index in [0.29, 0.717) is 6.42 Å². The van der Waals surface area contributed by atoms with E-state index in [1.807, 2.05) is 0 Å². The van der Waals surface area contributed by atoms with Crippen molar-refractivity contribution >= 4 is 5.82 Å². The van der Waals surface area contributed by atoms with Crippen LogP contribution in [0.25, 0.3) is 0 Å². The molecule has 1 aromatic heterocycles. The molecule has 0 unspecified atom stereocenters. The Labute approximate surface area is 114 Å². The number of rotatable bonds is 2. The molecule has 20 heavy (non-hydrogen) atoms.